The number of fused-ring (bicyclic) bond motifs is 1. The third-order valence-corrected chi connectivity index (χ3v) is 3.64. The first-order valence-corrected chi connectivity index (χ1v) is 7.11. The fourth-order valence-corrected chi connectivity index (χ4v) is 2.48. The van der Waals surface area contributed by atoms with Crippen LogP contribution in [0.4, 0.5) is 10.1 Å². The number of nitrogens with zero attached hydrogens (tertiary/aromatic N) is 1. The first-order valence-electron chi connectivity index (χ1n) is 7.11. The summed E-state index contributed by atoms with van der Waals surface area (Å²) < 4.78 is 18.9. The van der Waals surface area contributed by atoms with Crippen LogP contribution in [0.25, 0.3) is 6.08 Å². The topological polar surface area (TPSA) is 89.7 Å². The van der Waals surface area contributed by atoms with E-state index in [0.29, 0.717) is 16.9 Å². The van der Waals surface area contributed by atoms with Crippen LogP contribution in [0, 0.1) is 15.9 Å². The van der Waals surface area contributed by atoms with E-state index in [9.17, 15) is 24.4 Å². The van der Waals surface area contributed by atoms with Gasteiger partial charge >= 0.3 is 5.69 Å². The Bertz CT molecular complexity index is 875. The van der Waals surface area contributed by atoms with Crippen molar-refractivity contribution in [3.05, 3.63) is 69.0 Å². The normalized spacial score (nSPS) is 15.5. The molecule has 0 saturated carbocycles. The van der Waals surface area contributed by atoms with Crippen molar-refractivity contribution in [3.63, 3.8) is 0 Å². The van der Waals surface area contributed by atoms with Gasteiger partial charge in [-0.1, -0.05) is 6.07 Å². The number of ketones is 1. The van der Waals surface area contributed by atoms with Crippen LogP contribution in [0.2, 0.25) is 0 Å². The smallest absolute Gasteiger partial charge is 0.311 e. The molecule has 6 nitrogen and oxygen atoms in total. The first-order chi connectivity index (χ1) is 11.5. The number of nitro groups is 1. The predicted octanol–water partition coefficient (Wildman–Crippen LogP) is 3.49. The number of rotatable bonds is 2. The zero-order chi connectivity index (χ0) is 17.3. The van der Waals surface area contributed by atoms with Crippen LogP contribution < -0.4 is 4.74 Å². The molecule has 0 fully saturated rings. The summed E-state index contributed by atoms with van der Waals surface area (Å²) in [7, 11) is 0. The SMILES string of the molecule is O=C1/C(=C\c2ccc(O)c([N+](=O)[O-])c2)CCOc2ccc(F)cc21. The van der Waals surface area contributed by atoms with Gasteiger partial charge < -0.3 is 9.84 Å². The predicted molar refractivity (Wildman–Crippen MR) is 83.6 cm³/mol. The molecule has 0 saturated heterocycles. The minimum atomic E-state index is -0.708. The number of benzene rings is 2. The monoisotopic (exact) mass is 329 g/mol. The molecule has 2 aromatic rings. The maximum Gasteiger partial charge on any atom is 0.311 e. The summed E-state index contributed by atoms with van der Waals surface area (Å²) in [6.45, 7) is 0.233. The van der Waals surface area contributed by atoms with Gasteiger partial charge in [-0.2, -0.15) is 0 Å². The fourth-order valence-electron chi connectivity index (χ4n) is 2.48. The molecule has 7 heteroatoms. The second-order valence-electron chi connectivity index (χ2n) is 5.24. The molecule has 1 heterocycles. The Morgan fingerprint density at radius 1 is 1.25 bits per heavy atom. The van der Waals surface area contributed by atoms with Gasteiger partial charge in [0.1, 0.15) is 11.6 Å². The van der Waals surface area contributed by atoms with E-state index in [0.717, 1.165) is 6.07 Å². The molecule has 0 radical (unpaired) electrons. The molecule has 0 atom stereocenters. The Morgan fingerprint density at radius 2 is 2.04 bits per heavy atom. The molecule has 0 aliphatic carbocycles. The third-order valence-electron chi connectivity index (χ3n) is 3.64. The van der Waals surface area contributed by atoms with Crippen molar-refractivity contribution in [3.8, 4) is 11.5 Å². The van der Waals surface area contributed by atoms with Crippen LogP contribution in [0.3, 0.4) is 0 Å². The van der Waals surface area contributed by atoms with Gasteiger partial charge in [-0.15, -0.1) is 0 Å². The van der Waals surface area contributed by atoms with E-state index in [2.05, 4.69) is 0 Å². The van der Waals surface area contributed by atoms with Crippen LogP contribution >= 0.6 is 0 Å². The molecule has 122 valence electrons. The zero-order valence-electron chi connectivity index (χ0n) is 12.4. The number of ether oxygens (including phenoxy) is 1. The van der Waals surface area contributed by atoms with Crippen LogP contribution in [-0.4, -0.2) is 22.4 Å². The minimum Gasteiger partial charge on any atom is -0.502 e. The Hall–Kier alpha value is -3.22. The van der Waals surface area contributed by atoms with Crippen LogP contribution in [0.5, 0.6) is 11.5 Å². The van der Waals surface area contributed by atoms with E-state index in [1.807, 2.05) is 0 Å². The second-order valence-corrected chi connectivity index (χ2v) is 5.24. The number of hydrogen-bond donors (Lipinski definition) is 1. The van der Waals surface area contributed by atoms with Crippen molar-refractivity contribution in [1.82, 2.24) is 0 Å². The van der Waals surface area contributed by atoms with E-state index >= 15 is 0 Å². The fraction of sp³-hybridized carbons (Fsp3) is 0.118. The minimum absolute atomic E-state index is 0.118. The maximum absolute atomic E-state index is 13.4. The summed E-state index contributed by atoms with van der Waals surface area (Å²) in [5, 5.41) is 20.4. The number of carbonyl (C=O) groups excluding carboxylic acids is 1. The Balaban J connectivity index is 2.03. The number of phenols is 1. The Morgan fingerprint density at radius 3 is 2.79 bits per heavy atom. The van der Waals surface area contributed by atoms with E-state index in [1.165, 1.54) is 36.4 Å². The Labute approximate surface area is 136 Å². The molecule has 0 aromatic heterocycles. The highest BCUT2D eigenvalue weighted by atomic mass is 19.1. The van der Waals surface area contributed by atoms with Crippen molar-refractivity contribution in [2.24, 2.45) is 0 Å². The second kappa shape index (κ2) is 6.11. The van der Waals surface area contributed by atoms with Gasteiger partial charge in [0.15, 0.2) is 11.5 Å². The average Bonchev–Trinajstić information content (AvgIpc) is 2.69. The molecule has 2 aromatic carbocycles. The standard InChI is InChI=1S/C17H12FNO5/c18-12-2-4-16-13(9-12)17(21)11(5-6-24-16)7-10-1-3-15(20)14(8-10)19(22)23/h1-4,7-9,20H,5-6H2/b11-7-. The molecule has 1 N–H and O–H groups in total. The van der Waals surface area contributed by atoms with Gasteiger partial charge in [-0.3, -0.25) is 14.9 Å². The number of nitro benzene ring substituents is 1. The van der Waals surface area contributed by atoms with Crippen LogP contribution in [0.15, 0.2) is 42.0 Å². The highest BCUT2D eigenvalue weighted by Gasteiger charge is 2.22. The van der Waals surface area contributed by atoms with Gasteiger partial charge in [-0.25, -0.2) is 4.39 Å². The molecule has 0 spiro atoms. The maximum atomic E-state index is 13.4. The lowest BCUT2D eigenvalue weighted by molar-refractivity contribution is -0.385. The van der Waals surface area contributed by atoms with E-state index in [-0.39, 0.29) is 18.6 Å². The van der Waals surface area contributed by atoms with Gasteiger partial charge in [0, 0.05) is 18.1 Å². The van der Waals surface area contributed by atoms with Crippen molar-refractivity contribution < 1.29 is 24.0 Å². The highest BCUT2D eigenvalue weighted by Crippen LogP contribution is 2.31. The number of carbonyl (C=O) groups is 1. The third kappa shape index (κ3) is 2.96. The molecule has 0 unspecified atom stereocenters. The molecular formula is C17H12FNO5. The van der Waals surface area contributed by atoms with Crippen LogP contribution in [0.1, 0.15) is 22.3 Å². The summed E-state index contributed by atoms with van der Waals surface area (Å²) in [4.78, 5) is 22.8. The molecule has 1 aliphatic rings. The van der Waals surface area contributed by atoms with Gasteiger partial charge in [0.2, 0.25) is 0 Å². The number of halogens is 1. The summed E-state index contributed by atoms with van der Waals surface area (Å²) in [5.74, 6) is -1.09. The van der Waals surface area contributed by atoms with E-state index in [1.54, 1.807) is 0 Å². The van der Waals surface area contributed by atoms with Crippen molar-refractivity contribution >= 4 is 17.5 Å². The molecule has 0 amide bonds. The van der Waals surface area contributed by atoms with Crippen molar-refractivity contribution in [2.75, 3.05) is 6.61 Å². The van der Waals surface area contributed by atoms with Gasteiger partial charge in [0.05, 0.1) is 17.1 Å². The summed E-state index contributed by atoms with van der Waals surface area (Å²) in [5.41, 5.74) is 0.405. The molecule has 3 rings (SSSR count). The van der Waals surface area contributed by atoms with Crippen molar-refractivity contribution in [1.29, 1.82) is 0 Å². The van der Waals surface area contributed by atoms with Gasteiger partial charge in [0.25, 0.3) is 0 Å². The Kier molecular flexibility index (Phi) is 3.99. The van der Waals surface area contributed by atoms with Gasteiger partial charge in [-0.05, 0) is 35.9 Å². The molecule has 1 aliphatic heterocycles. The molecular weight excluding hydrogens is 317 g/mol. The van der Waals surface area contributed by atoms with E-state index < -0.39 is 28.0 Å². The summed E-state index contributed by atoms with van der Waals surface area (Å²) in [6.07, 6.45) is 1.77. The average molecular weight is 329 g/mol. The van der Waals surface area contributed by atoms with Crippen LogP contribution in [-0.2, 0) is 0 Å². The summed E-state index contributed by atoms with van der Waals surface area (Å²) >= 11 is 0. The number of aromatic hydroxyl groups is 1. The zero-order valence-corrected chi connectivity index (χ0v) is 12.4. The number of Topliss-reactive ketones (excluding diaryl/α,β-unsaturated/α-hetero) is 1. The highest BCUT2D eigenvalue weighted by molar-refractivity contribution is 6.13. The quantitative estimate of drug-likeness (QED) is 0.517. The summed E-state index contributed by atoms with van der Waals surface area (Å²) in [6, 6.07) is 7.54. The first kappa shape index (κ1) is 15.7. The number of phenolic OH excluding ortho intramolecular Hbond substituents is 1. The lowest BCUT2D eigenvalue weighted by atomic mass is 9.98. The lowest BCUT2D eigenvalue weighted by Gasteiger charge is -2.05. The largest absolute Gasteiger partial charge is 0.502 e. The number of hydrogen-bond acceptors (Lipinski definition) is 5. The molecule has 0 bridgehead atoms. The molecule has 24 heavy (non-hydrogen) atoms. The lowest BCUT2D eigenvalue weighted by Crippen LogP contribution is -2.02. The van der Waals surface area contributed by atoms with E-state index in [4.69, 9.17) is 4.74 Å². The van der Waals surface area contributed by atoms with Crippen molar-refractivity contribution in [2.45, 2.75) is 6.42 Å².